The van der Waals surface area contributed by atoms with Gasteiger partial charge in [0.25, 0.3) is 0 Å². The van der Waals surface area contributed by atoms with Crippen LogP contribution in [0.1, 0.15) is 43.4 Å². The first kappa shape index (κ1) is 14.8. The number of nitrogens with zero attached hydrogens (tertiary/aromatic N) is 2. The molecule has 2 saturated heterocycles. The minimum absolute atomic E-state index is 0.139. The average molecular weight is 291 g/mol. The van der Waals surface area contributed by atoms with Crippen LogP contribution >= 0.6 is 0 Å². The molecule has 2 aliphatic heterocycles. The van der Waals surface area contributed by atoms with Gasteiger partial charge in [0.2, 0.25) is 0 Å². The fraction of sp³-hybridized carbons (Fsp3) is 0.647. The molecule has 1 aromatic rings. The molecule has 1 unspecified atom stereocenters. The first-order chi connectivity index (χ1) is 10.1. The molecule has 0 saturated carbocycles. The Morgan fingerprint density at radius 1 is 1.24 bits per heavy atom. The van der Waals surface area contributed by atoms with Crippen LogP contribution in [-0.2, 0) is 0 Å². The van der Waals surface area contributed by atoms with Crippen molar-refractivity contribution in [3.63, 3.8) is 0 Å². The summed E-state index contributed by atoms with van der Waals surface area (Å²) in [5.74, 6) is -0.151. The van der Waals surface area contributed by atoms with Gasteiger partial charge in [-0.05, 0) is 56.5 Å². The second kappa shape index (κ2) is 5.93. The molecule has 3 nitrogen and oxygen atoms in total. The summed E-state index contributed by atoms with van der Waals surface area (Å²) in [6.07, 6.45) is 3.94. The Hall–Kier alpha value is -1.13. The summed E-state index contributed by atoms with van der Waals surface area (Å²) < 4.78 is 13.9. The highest BCUT2D eigenvalue weighted by molar-refractivity contribution is 5.57. The molecule has 0 radical (unpaired) electrons. The van der Waals surface area contributed by atoms with E-state index in [1.165, 1.54) is 25.8 Å². The first-order valence-corrected chi connectivity index (χ1v) is 8.11. The monoisotopic (exact) mass is 291 g/mol. The van der Waals surface area contributed by atoms with E-state index in [2.05, 4.69) is 9.80 Å². The maximum Gasteiger partial charge on any atom is 0.126 e. The van der Waals surface area contributed by atoms with Crippen LogP contribution in [0.2, 0.25) is 0 Å². The van der Waals surface area contributed by atoms with Gasteiger partial charge in [-0.2, -0.15) is 0 Å². The molecule has 2 fully saturated rings. The van der Waals surface area contributed by atoms with Crippen LogP contribution in [0.3, 0.4) is 0 Å². The molecule has 21 heavy (non-hydrogen) atoms. The Morgan fingerprint density at radius 2 is 2.05 bits per heavy atom. The largest absolute Gasteiger partial charge is 0.368 e. The minimum atomic E-state index is -0.151. The van der Waals surface area contributed by atoms with Crippen molar-refractivity contribution in [2.24, 2.45) is 5.73 Å². The number of fused-ring (bicyclic) bond motifs is 1. The second-order valence-electron chi connectivity index (χ2n) is 6.58. The topological polar surface area (TPSA) is 32.5 Å². The molecule has 0 aromatic heterocycles. The van der Waals surface area contributed by atoms with E-state index in [1.807, 2.05) is 19.9 Å². The number of piperidine rings is 1. The second-order valence-corrected chi connectivity index (χ2v) is 6.58. The molecule has 2 heterocycles. The van der Waals surface area contributed by atoms with E-state index in [4.69, 9.17) is 5.73 Å². The third-order valence-corrected chi connectivity index (χ3v) is 4.98. The summed E-state index contributed by atoms with van der Waals surface area (Å²) in [5.41, 5.74) is 8.84. The molecule has 116 valence electrons. The minimum Gasteiger partial charge on any atom is -0.368 e. The fourth-order valence-electron chi connectivity index (χ4n) is 3.70. The lowest BCUT2D eigenvalue weighted by molar-refractivity contribution is 0.133. The van der Waals surface area contributed by atoms with E-state index >= 15 is 0 Å². The summed E-state index contributed by atoms with van der Waals surface area (Å²) in [6.45, 7) is 8.18. The van der Waals surface area contributed by atoms with Crippen LogP contribution in [-0.4, -0.2) is 37.1 Å². The zero-order chi connectivity index (χ0) is 15.0. The van der Waals surface area contributed by atoms with Gasteiger partial charge in [0.15, 0.2) is 0 Å². The van der Waals surface area contributed by atoms with Crippen LogP contribution in [0.4, 0.5) is 10.1 Å². The van der Waals surface area contributed by atoms with Crippen molar-refractivity contribution >= 4 is 5.69 Å². The van der Waals surface area contributed by atoms with Gasteiger partial charge in [-0.15, -0.1) is 0 Å². The van der Waals surface area contributed by atoms with Crippen molar-refractivity contribution in [3.8, 4) is 0 Å². The van der Waals surface area contributed by atoms with E-state index in [1.54, 1.807) is 6.07 Å². The van der Waals surface area contributed by atoms with Crippen LogP contribution in [0.15, 0.2) is 12.1 Å². The maximum absolute atomic E-state index is 13.9. The molecule has 1 aromatic carbocycles. The Morgan fingerprint density at radius 3 is 2.81 bits per heavy atom. The Bertz CT molecular complexity index is 515. The lowest BCUT2D eigenvalue weighted by Gasteiger charge is -2.45. The van der Waals surface area contributed by atoms with E-state index in [0.717, 1.165) is 30.9 Å². The van der Waals surface area contributed by atoms with Gasteiger partial charge in [-0.3, -0.25) is 4.90 Å². The fourth-order valence-corrected chi connectivity index (χ4v) is 3.70. The van der Waals surface area contributed by atoms with Crippen molar-refractivity contribution in [2.75, 3.05) is 31.1 Å². The highest BCUT2D eigenvalue weighted by Crippen LogP contribution is 2.31. The van der Waals surface area contributed by atoms with Gasteiger partial charge >= 0.3 is 0 Å². The highest BCUT2D eigenvalue weighted by Gasteiger charge is 2.30. The zero-order valence-corrected chi connectivity index (χ0v) is 13.1. The van der Waals surface area contributed by atoms with Crippen LogP contribution < -0.4 is 10.6 Å². The molecule has 2 atom stereocenters. The van der Waals surface area contributed by atoms with E-state index in [-0.39, 0.29) is 11.9 Å². The van der Waals surface area contributed by atoms with Crippen molar-refractivity contribution in [1.82, 2.24) is 4.90 Å². The number of anilines is 1. The quantitative estimate of drug-likeness (QED) is 0.909. The SMILES string of the molecule is Cc1cc(N2CCN3CCCCC3C2)c([C@@H](C)N)cc1F. The summed E-state index contributed by atoms with van der Waals surface area (Å²) >= 11 is 0. The maximum atomic E-state index is 13.9. The molecule has 3 rings (SSSR count). The third-order valence-electron chi connectivity index (χ3n) is 4.98. The molecular formula is C17H26FN3. The van der Waals surface area contributed by atoms with Gasteiger partial charge in [-0.1, -0.05) is 6.42 Å². The Balaban J connectivity index is 1.87. The molecule has 4 heteroatoms. The number of benzene rings is 1. The van der Waals surface area contributed by atoms with Crippen molar-refractivity contribution in [1.29, 1.82) is 0 Å². The van der Waals surface area contributed by atoms with Gasteiger partial charge in [0.1, 0.15) is 5.82 Å². The van der Waals surface area contributed by atoms with Gasteiger partial charge in [0.05, 0.1) is 0 Å². The van der Waals surface area contributed by atoms with Crippen LogP contribution in [0.5, 0.6) is 0 Å². The summed E-state index contributed by atoms with van der Waals surface area (Å²) in [5, 5.41) is 0. The number of hydrogen-bond donors (Lipinski definition) is 1. The average Bonchev–Trinajstić information content (AvgIpc) is 2.49. The summed E-state index contributed by atoms with van der Waals surface area (Å²) in [4.78, 5) is 5.03. The predicted octanol–water partition coefficient (Wildman–Crippen LogP) is 2.83. The number of hydrogen-bond acceptors (Lipinski definition) is 3. The number of aryl methyl sites for hydroxylation is 1. The van der Waals surface area contributed by atoms with Gasteiger partial charge in [-0.25, -0.2) is 4.39 Å². The van der Waals surface area contributed by atoms with E-state index < -0.39 is 0 Å². The van der Waals surface area contributed by atoms with Gasteiger partial charge < -0.3 is 10.6 Å². The number of halogens is 1. The summed E-state index contributed by atoms with van der Waals surface area (Å²) in [6, 6.07) is 4.12. The predicted molar refractivity (Wildman–Crippen MR) is 85.2 cm³/mol. The molecule has 0 bridgehead atoms. The van der Waals surface area contributed by atoms with Gasteiger partial charge in [0, 0.05) is 37.4 Å². The standard InChI is InChI=1S/C17H26FN3/c1-12-9-17(15(13(2)19)10-16(12)18)21-8-7-20-6-4-3-5-14(20)11-21/h9-10,13-14H,3-8,11,19H2,1-2H3/t13-,14?/m1/s1. The number of rotatable bonds is 2. The van der Waals surface area contributed by atoms with Crippen LogP contribution in [0, 0.1) is 12.7 Å². The first-order valence-electron chi connectivity index (χ1n) is 8.11. The normalized spacial score (nSPS) is 24.8. The number of nitrogens with two attached hydrogens (primary N) is 1. The molecule has 2 N–H and O–H groups in total. The third kappa shape index (κ3) is 2.92. The summed E-state index contributed by atoms with van der Waals surface area (Å²) in [7, 11) is 0. The molecule has 0 aliphatic carbocycles. The molecule has 2 aliphatic rings. The van der Waals surface area contributed by atoms with E-state index in [9.17, 15) is 4.39 Å². The lowest BCUT2D eigenvalue weighted by atomic mass is 9.97. The molecule has 0 spiro atoms. The Kier molecular flexibility index (Phi) is 4.18. The Labute approximate surface area is 126 Å². The highest BCUT2D eigenvalue weighted by atomic mass is 19.1. The lowest BCUT2D eigenvalue weighted by Crippen LogP contribution is -2.55. The van der Waals surface area contributed by atoms with Crippen LogP contribution in [0.25, 0.3) is 0 Å². The molecule has 0 amide bonds. The van der Waals surface area contributed by atoms with Crippen molar-refractivity contribution < 1.29 is 4.39 Å². The number of piperazine rings is 1. The smallest absolute Gasteiger partial charge is 0.126 e. The molecular weight excluding hydrogens is 265 g/mol. The zero-order valence-electron chi connectivity index (χ0n) is 13.1. The van der Waals surface area contributed by atoms with Crippen molar-refractivity contribution in [2.45, 2.75) is 45.2 Å². The van der Waals surface area contributed by atoms with Crippen molar-refractivity contribution in [3.05, 3.63) is 29.1 Å². The van der Waals surface area contributed by atoms with E-state index in [0.29, 0.717) is 11.6 Å².